The second-order valence-electron chi connectivity index (χ2n) is 15.1. The molecule has 0 aliphatic heterocycles. The molecule has 2 N–H and O–H groups in total. The fourth-order valence-corrected chi connectivity index (χ4v) is 6.57. The number of methoxy groups -OCH3 is 1. The number of carbonyl (C=O) groups excluding carboxylic acids is 3. The van der Waals surface area contributed by atoms with Crippen molar-refractivity contribution < 1.29 is 33.3 Å². The summed E-state index contributed by atoms with van der Waals surface area (Å²) in [6.45, 7) is 5.35. The van der Waals surface area contributed by atoms with Gasteiger partial charge < -0.3 is 29.6 Å². The second kappa shape index (κ2) is 42.9. The zero-order chi connectivity index (χ0) is 38.7. The summed E-state index contributed by atoms with van der Waals surface area (Å²) in [5.74, 6) is -0.812. The lowest BCUT2D eigenvalue weighted by atomic mass is 10.0. The van der Waals surface area contributed by atoms with Crippen LogP contribution in [0.4, 0.5) is 4.79 Å². The number of carbonyl (C=O) groups is 3. The second-order valence-corrected chi connectivity index (χ2v) is 15.1. The average Bonchev–Trinajstić information content (AvgIpc) is 3.15. The van der Waals surface area contributed by atoms with Crippen LogP contribution in [0.25, 0.3) is 0 Å². The minimum absolute atomic E-state index is 0.160. The van der Waals surface area contributed by atoms with Crippen LogP contribution in [0.3, 0.4) is 0 Å². The molecule has 0 fully saturated rings. The lowest BCUT2D eigenvalue weighted by molar-refractivity contribution is -0.155. The van der Waals surface area contributed by atoms with E-state index in [1.807, 2.05) is 0 Å². The van der Waals surface area contributed by atoms with Gasteiger partial charge in [-0.15, -0.1) is 0 Å². The van der Waals surface area contributed by atoms with Crippen LogP contribution >= 0.6 is 0 Å². The third kappa shape index (κ3) is 39.6. The van der Waals surface area contributed by atoms with Crippen LogP contribution in [0.15, 0.2) is 0 Å². The maximum atomic E-state index is 13.0. The predicted octanol–water partition coefficient (Wildman–Crippen LogP) is 11.9. The van der Waals surface area contributed by atoms with Crippen LogP contribution in [-0.4, -0.2) is 64.3 Å². The highest BCUT2D eigenvalue weighted by molar-refractivity contribution is 5.84. The van der Waals surface area contributed by atoms with Crippen molar-refractivity contribution in [2.45, 2.75) is 225 Å². The Morgan fingerprint density at radius 1 is 0.491 bits per heavy atom. The first kappa shape index (κ1) is 51.1. The minimum atomic E-state index is -1.11. The van der Waals surface area contributed by atoms with Crippen LogP contribution < -0.4 is 10.6 Å². The van der Waals surface area contributed by atoms with Gasteiger partial charge in [0.05, 0.1) is 19.8 Å². The number of unbranched alkanes of at least 4 members (excludes halogenated alkanes) is 29. The molecule has 314 valence electrons. The summed E-state index contributed by atoms with van der Waals surface area (Å²) in [4.78, 5) is 37.8. The topological polar surface area (TPSA) is 112 Å². The number of nitrogens with one attached hydrogen (secondary N) is 2. The van der Waals surface area contributed by atoms with E-state index in [4.69, 9.17) is 18.9 Å². The van der Waals surface area contributed by atoms with Crippen LogP contribution in [0.2, 0.25) is 0 Å². The van der Waals surface area contributed by atoms with Gasteiger partial charge in [-0.3, -0.25) is 9.59 Å². The molecule has 9 nitrogen and oxygen atoms in total. The van der Waals surface area contributed by atoms with Crippen molar-refractivity contribution >= 4 is 18.0 Å². The zero-order valence-corrected chi connectivity index (χ0v) is 35.1. The van der Waals surface area contributed by atoms with Crippen LogP contribution in [0.5, 0.6) is 0 Å². The molecule has 0 saturated carbocycles. The maximum absolute atomic E-state index is 13.0. The number of hydrogen-bond donors (Lipinski definition) is 2. The first-order valence-electron chi connectivity index (χ1n) is 22.5. The van der Waals surface area contributed by atoms with E-state index in [1.165, 1.54) is 161 Å². The predicted molar refractivity (Wildman–Crippen MR) is 219 cm³/mol. The van der Waals surface area contributed by atoms with Crippen molar-refractivity contribution in [2.24, 2.45) is 0 Å². The van der Waals surface area contributed by atoms with Crippen LogP contribution in [0, 0.1) is 0 Å². The molecule has 1 unspecified atom stereocenters. The lowest BCUT2D eigenvalue weighted by Gasteiger charge is -2.18. The van der Waals surface area contributed by atoms with Crippen LogP contribution in [0.1, 0.15) is 219 Å². The van der Waals surface area contributed by atoms with Gasteiger partial charge in [0, 0.05) is 20.1 Å². The Morgan fingerprint density at radius 3 is 1.30 bits per heavy atom. The summed E-state index contributed by atoms with van der Waals surface area (Å²) in [5.41, 5.74) is 0. The molecule has 9 heteroatoms. The first-order valence-corrected chi connectivity index (χ1v) is 22.5. The molecule has 0 bridgehead atoms. The van der Waals surface area contributed by atoms with E-state index >= 15 is 0 Å². The molecule has 0 saturated heterocycles. The van der Waals surface area contributed by atoms with Gasteiger partial charge in [-0.1, -0.05) is 200 Å². The Labute approximate surface area is 326 Å². The molecule has 53 heavy (non-hydrogen) atoms. The van der Waals surface area contributed by atoms with Gasteiger partial charge in [0.1, 0.15) is 0 Å². The molecular formula is C44H86N2O7. The van der Waals surface area contributed by atoms with Gasteiger partial charge >= 0.3 is 12.1 Å². The van der Waals surface area contributed by atoms with E-state index in [0.717, 1.165) is 38.5 Å². The molecule has 0 aliphatic rings. The summed E-state index contributed by atoms with van der Waals surface area (Å²) in [7, 11) is 1.56. The SMILES string of the molecule is CCCCCCCCCCCCCCCCCCNC(=O)C(CNC(=O)OCOCCOC)OC(=O)CCCCCCCCCCCCCCCCC. The van der Waals surface area contributed by atoms with Gasteiger partial charge in [0.15, 0.2) is 12.9 Å². The molecule has 1 atom stereocenters. The summed E-state index contributed by atoms with van der Waals surface area (Å²) in [5, 5.41) is 5.43. The molecule has 0 aliphatic carbocycles. The number of rotatable bonds is 42. The minimum Gasteiger partial charge on any atom is -0.450 e. The molecule has 0 spiro atoms. The van der Waals surface area contributed by atoms with Crippen molar-refractivity contribution in [1.82, 2.24) is 10.6 Å². The molecule has 0 aromatic heterocycles. The van der Waals surface area contributed by atoms with Gasteiger partial charge in [-0.25, -0.2) is 4.79 Å². The molecule has 0 aromatic carbocycles. The van der Waals surface area contributed by atoms with E-state index < -0.39 is 24.1 Å². The Bertz CT molecular complexity index is 798. The summed E-state index contributed by atoms with van der Waals surface area (Å²) in [6, 6.07) is 0. The molecule has 0 radical (unpaired) electrons. The molecular weight excluding hydrogens is 668 g/mol. The van der Waals surface area contributed by atoms with Gasteiger partial charge in [0.25, 0.3) is 5.91 Å². The smallest absolute Gasteiger partial charge is 0.409 e. The molecule has 0 heterocycles. The van der Waals surface area contributed by atoms with Crippen LogP contribution in [-0.2, 0) is 28.5 Å². The number of ether oxygens (including phenoxy) is 4. The Morgan fingerprint density at radius 2 is 0.887 bits per heavy atom. The van der Waals surface area contributed by atoms with Gasteiger partial charge in [0.2, 0.25) is 0 Å². The van der Waals surface area contributed by atoms with E-state index in [-0.39, 0.29) is 19.8 Å². The van der Waals surface area contributed by atoms with E-state index in [0.29, 0.717) is 19.8 Å². The molecule has 0 aromatic rings. The Balaban J connectivity index is 4.17. The van der Waals surface area contributed by atoms with Crippen molar-refractivity contribution in [1.29, 1.82) is 0 Å². The maximum Gasteiger partial charge on any atom is 0.409 e. The normalized spacial score (nSPS) is 11.8. The fourth-order valence-electron chi connectivity index (χ4n) is 6.57. The van der Waals surface area contributed by atoms with Gasteiger partial charge in [-0.2, -0.15) is 0 Å². The Hall–Kier alpha value is -1.87. The fraction of sp³-hybridized carbons (Fsp3) is 0.932. The first-order chi connectivity index (χ1) is 26.0. The van der Waals surface area contributed by atoms with E-state index in [2.05, 4.69) is 24.5 Å². The summed E-state index contributed by atoms with van der Waals surface area (Å²) >= 11 is 0. The van der Waals surface area contributed by atoms with Crippen molar-refractivity contribution in [2.75, 3.05) is 40.2 Å². The molecule has 0 rings (SSSR count). The highest BCUT2D eigenvalue weighted by Crippen LogP contribution is 2.15. The molecule has 2 amide bonds. The third-order valence-corrected chi connectivity index (χ3v) is 10.0. The number of amides is 2. The monoisotopic (exact) mass is 755 g/mol. The summed E-state index contributed by atoms with van der Waals surface area (Å²) < 4.78 is 20.6. The standard InChI is InChI=1S/C44H86N2O7/c1-4-6-8-10-12-14-16-18-20-22-24-26-28-30-32-34-36-45-43(48)41(39-46-44(49)52-40-51-38-37-50-3)53-42(47)35-33-31-29-27-25-23-21-19-17-15-13-11-9-7-5-2/h41H,4-40H2,1-3H3,(H,45,48)(H,46,49). The highest BCUT2D eigenvalue weighted by atomic mass is 16.7. The number of hydrogen-bond acceptors (Lipinski definition) is 7. The van der Waals surface area contributed by atoms with Crippen molar-refractivity contribution in [3.8, 4) is 0 Å². The largest absolute Gasteiger partial charge is 0.450 e. The Kier molecular flexibility index (Phi) is 41.4. The van der Waals surface area contributed by atoms with Crippen molar-refractivity contribution in [3.63, 3.8) is 0 Å². The zero-order valence-electron chi connectivity index (χ0n) is 35.1. The lowest BCUT2D eigenvalue weighted by Crippen LogP contribution is -2.45. The highest BCUT2D eigenvalue weighted by Gasteiger charge is 2.23. The summed E-state index contributed by atoms with van der Waals surface area (Å²) in [6.07, 6.45) is 38.0. The van der Waals surface area contributed by atoms with Crippen molar-refractivity contribution in [3.05, 3.63) is 0 Å². The number of alkyl carbamates (subject to hydrolysis) is 1. The third-order valence-electron chi connectivity index (χ3n) is 10.0. The van der Waals surface area contributed by atoms with Gasteiger partial charge in [-0.05, 0) is 12.8 Å². The quantitative estimate of drug-likeness (QED) is 0.0362. The van der Waals surface area contributed by atoms with E-state index in [9.17, 15) is 14.4 Å². The van der Waals surface area contributed by atoms with E-state index in [1.54, 1.807) is 7.11 Å². The average molecular weight is 755 g/mol. The number of esters is 1.